The zero-order valence-electron chi connectivity index (χ0n) is 10.5. The number of aliphatic hydroxyl groups excluding tert-OH is 1. The Hall–Kier alpha value is -0.530. The van der Waals surface area contributed by atoms with Gasteiger partial charge < -0.3 is 10.0 Å². The van der Waals surface area contributed by atoms with Gasteiger partial charge in [0.25, 0.3) is 0 Å². The number of rotatable bonds is 2. The van der Waals surface area contributed by atoms with Crippen LogP contribution in [0, 0.1) is 17.7 Å². The number of fused-ring (bicyclic) bond motifs is 1. The predicted octanol–water partition coefficient (Wildman–Crippen LogP) is 3.99. The topological polar surface area (TPSA) is 23.5 Å². The Morgan fingerprint density at radius 2 is 2.05 bits per heavy atom. The zero-order valence-corrected chi connectivity index (χ0v) is 12.9. The molecule has 0 aromatic heterocycles. The van der Waals surface area contributed by atoms with E-state index >= 15 is 0 Å². The fourth-order valence-electron chi connectivity index (χ4n) is 3.09. The Labute approximate surface area is 131 Å². The molecular weight excluding hydrogens is 377 g/mol. The maximum atomic E-state index is 13.7. The molecule has 1 saturated carbocycles. The number of nitrogens with zero attached hydrogens (tertiary/aromatic N) is 1. The van der Waals surface area contributed by atoms with Crippen molar-refractivity contribution >= 4 is 33.2 Å². The van der Waals surface area contributed by atoms with Crippen LogP contribution >= 0.6 is 27.5 Å². The third-order valence-electron chi connectivity index (χ3n) is 4.17. The number of benzene rings is 1. The van der Waals surface area contributed by atoms with Crippen LogP contribution in [0.2, 0.25) is 5.02 Å². The van der Waals surface area contributed by atoms with Gasteiger partial charge in [0.1, 0.15) is 5.82 Å². The lowest BCUT2D eigenvalue weighted by Crippen LogP contribution is -2.49. The second kappa shape index (κ2) is 4.99. The molecule has 1 aromatic rings. The van der Waals surface area contributed by atoms with E-state index in [1.165, 1.54) is 11.0 Å². The highest BCUT2D eigenvalue weighted by molar-refractivity contribution is 9.10. The first-order chi connectivity index (χ1) is 9.70. The quantitative estimate of drug-likeness (QED) is 0.612. The molecule has 0 spiro atoms. The Morgan fingerprint density at radius 3 is 2.62 bits per heavy atom. The van der Waals surface area contributed by atoms with Gasteiger partial charge in [0.05, 0.1) is 15.5 Å². The molecule has 1 aromatic carbocycles. The molecule has 0 radical (unpaired) electrons. The Balaban J connectivity index is 1.94. The Morgan fingerprint density at radius 1 is 1.38 bits per heavy atom. The minimum atomic E-state index is -4.70. The van der Waals surface area contributed by atoms with Crippen molar-refractivity contribution in [1.29, 1.82) is 0 Å². The second-order valence-corrected chi connectivity index (χ2v) is 6.71. The van der Waals surface area contributed by atoms with Crippen LogP contribution in [0.5, 0.6) is 0 Å². The molecule has 1 aliphatic heterocycles. The first-order valence-electron chi connectivity index (χ1n) is 6.36. The molecule has 21 heavy (non-hydrogen) atoms. The maximum absolute atomic E-state index is 13.7. The van der Waals surface area contributed by atoms with Gasteiger partial charge in [-0.3, -0.25) is 0 Å². The summed E-state index contributed by atoms with van der Waals surface area (Å²) in [6.45, 7) is 0.375. The van der Waals surface area contributed by atoms with E-state index in [0.29, 0.717) is 13.0 Å². The number of halogens is 6. The van der Waals surface area contributed by atoms with Crippen LogP contribution in [-0.4, -0.2) is 30.0 Å². The summed E-state index contributed by atoms with van der Waals surface area (Å²) in [5.74, 6) is -0.720. The summed E-state index contributed by atoms with van der Waals surface area (Å²) in [5, 5.41) is 9.69. The van der Waals surface area contributed by atoms with Crippen LogP contribution in [0.15, 0.2) is 16.6 Å². The number of aliphatic hydroxyl groups is 1. The van der Waals surface area contributed by atoms with E-state index in [9.17, 15) is 22.7 Å². The molecule has 1 heterocycles. The molecule has 116 valence electrons. The van der Waals surface area contributed by atoms with Crippen molar-refractivity contribution in [3.05, 3.63) is 27.4 Å². The molecule has 8 heteroatoms. The van der Waals surface area contributed by atoms with Crippen molar-refractivity contribution in [2.45, 2.75) is 24.7 Å². The highest BCUT2D eigenvalue weighted by atomic mass is 79.9. The Kier molecular flexibility index (Phi) is 3.65. The first-order valence-corrected chi connectivity index (χ1v) is 7.53. The van der Waals surface area contributed by atoms with E-state index in [4.69, 9.17) is 11.6 Å². The van der Waals surface area contributed by atoms with Crippen LogP contribution in [-0.2, 0) is 0 Å². The molecule has 0 amide bonds. The molecule has 1 N–H and O–H groups in total. The fourth-order valence-corrected chi connectivity index (χ4v) is 3.52. The van der Waals surface area contributed by atoms with Crippen molar-refractivity contribution in [2.24, 2.45) is 11.8 Å². The molecule has 4 atom stereocenters. The van der Waals surface area contributed by atoms with Crippen LogP contribution in [0.25, 0.3) is 0 Å². The minimum Gasteiger partial charge on any atom is -0.382 e. The molecule has 2 nitrogen and oxygen atoms in total. The molecule has 3 rings (SSSR count). The van der Waals surface area contributed by atoms with E-state index in [1.807, 2.05) is 0 Å². The van der Waals surface area contributed by atoms with Crippen molar-refractivity contribution < 1.29 is 22.7 Å². The zero-order chi connectivity index (χ0) is 15.5. The van der Waals surface area contributed by atoms with Gasteiger partial charge in [0.2, 0.25) is 0 Å². The SMILES string of the molecule is OC(C1C2CC2CN1c1cc(F)c(Br)c(Cl)c1)C(F)(F)F. The molecule has 1 aliphatic carbocycles. The average molecular weight is 389 g/mol. The van der Waals surface area contributed by atoms with E-state index in [1.54, 1.807) is 0 Å². The van der Waals surface area contributed by atoms with E-state index in [-0.39, 0.29) is 27.0 Å². The fraction of sp³-hybridized carbons (Fsp3) is 0.538. The predicted molar refractivity (Wildman–Crippen MR) is 73.9 cm³/mol. The molecule has 4 unspecified atom stereocenters. The van der Waals surface area contributed by atoms with Crippen LogP contribution < -0.4 is 4.90 Å². The minimum absolute atomic E-state index is 0.0743. The summed E-state index contributed by atoms with van der Waals surface area (Å²) in [4.78, 5) is 1.42. The third kappa shape index (κ3) is 2.64. The van der Waals surface area contributed by atoms with Crippen LogP contribution in [0.3, 0.4) is 0 Å². The normalized spacial score (nSPS) is 29.5. The van der Waals surface area contributed by atoms with Gasteiger partial charge in [-0.25, -0.2) is 4.39 Å². The third-order valence-corrected chi connectivity index (χ3v) is 5.50. The smallest absolute Gasteiger partial charge is 0.382 e. The van der Waals surface area contributed by atoms with Crippen molar-refractivity contribution in [2.75, 3.05) is 11.4 Å². The maximum Gasteiger partial charge on any atom is 0.416 e. The van der Waals surface area contributed by atoms with Gasteiger partial charge in [0, 0.05) is 12.2 Å². The summed E-state index contributed by atoms with van der Waals surface area (Å²) < 4.78 is 52.3. The highest BCUT2D eigenvalue weighted by Crippen LogP contribution is 2.53. The lowest BCUT2D eigenvalue weighted by Gasteiger charge is -2.34. The lowest BCUT2D eigenvalue weighted by atomic mass is 10.0. The molecule has 0 bridgehead atoms. The summed E-state index contributed by atoms with van der Waals surface area (Å²) in [6, 6.07) is 1.47. The van der Waals surface area contributed by atoms with E-state index in [2.05, 4.69) is 15.9 Å². The van der Waals surface area contributed by atoms with Crippen molar-refractivity contribution in [3.63, 3.8) is 0 Å². The average Bonchev–Trinajstić information content (AvgIpc) is 3.05. The van der Waals surface area contributed by atoms with Gasteiger partial charge in [-0.2, -0.15) is 13.2 Å². The van der Waals surface area contributed by atoms with Gasteiger partial charge in [0.15, 0.2) is 6.10 Å². The number of piperidine rings is 1. The molecular formula is C13H11BrClF4NO. The van der Waals surface area contributed by atoms with Crippen molar-refractivity contribution in [3.8, 4) is 0 Å². The van der Waals surface area contributed by atoms with Gasteiger partial charge in [-0.15, -0.1) is 0 Å². The summed E-state index contributed by atoms with van der Waals surface area (Å²) in [6.07, 6.45) is -6.47. The van der Waals surface area contributed by atoms with Crippen LogP contribution in [0.4, 0.5) is 23.2 Å². The highest BCUT2D eigenvalue weighted by Gasteiger charge is 2.60. The monoisotopic (exact) mass is 387 g/mol. The Bertz CT molecular complexity index is 559. The second-order valence-electron chi connectivity index (χ2n) is 5.51. The first kappa shape index (κ1) is 15.4. The number of anilines is 1. The summed E-state index contributed by atoms with van der Waals surface area (Å²) in [7, 11) is 0. The van der Waals surface area contributed by atoms with Gasteiger partial charge >= 0.3 is 6.18 Å². The molecule has 2 aliphatic rings. The molecule has 2 fully saturated rings. The van der Waals surface area contributed by atoms with Gasteiger partial charge in [-0.05, 0) is 46.3 Å². The largest absolute Gasteiger partial charge is 0.416 e. The van der Waals surface area contributed by atoms with E-state index in [0.717, 1.165) is 6.07 Å². The number of hydrogen-bond acceptors (Lipinski definition) is 2. The summed E-state index contributed by atoms with van der Waals surface area (Å²) >= 11 is 8.83. The standard InChI is InChI=1S/C13H11BrClF4NO/c14-10-8(15)2-6(3-9(10)16)20-4-5-1-7(5)11(20)12(21)13(17,18)19/h2-3,5,7,11-12,21H,1,4H2. The molecule has 1 saturated heterocycles. The van der Waals surface area contributed by atoms with Gasteiger partial charge in [-0.1, -0.05) is 11.6 Å². The number of hydrogen-bond donors (Lipinski definition) is 1. The summed E-state index contributed by atoms with van der Waals surface area (Å²) in [5.41, 5.74) is 0.265. The van der Waals surface area contributed by atoms with Crippen molar-refractivity contribution in [1.82, 2.24) is 0 Å². The van der Waals surface area contributed by atoms with E-state index < -0.39 is 24.1 Å². The lowest BCUT2D eigenvalue weighted by molar-refractivity contribution is -0.210. The van der Waals surface area contributed by atoms with Crippen LogP contribution in [0.1, 0.15) is 6.42 Å². The number of alkyl halides is 3.